The van der Waals surface area contributed by atoms with E-state index in [1.807, 2.05) is 0 Å². The average Bonchev–Trinajstić information content (AvgIpc) is 2.02. The Labute approximate surface area is 82.5 Å². The fourth-order valence-electron chi connectivity index (χ4n) is 1.18. The van der Waals surface area contributed by atoms with Gasteiger partial charge in [-0.3, -0.25) is 4.79 Å². The van der Waals surface area contributed by atoms with E-state index in [4.69, 9.17) is 11.5 Å². The van der Waals surface area contributed by atoms with E-state index >= 15 is 0 Å². The van der Waals surface area contributed by atoms with E-state index < -0.39 is 11.4 Å². The van der Waals surface area contributed by atoms with Gasteiger partial charge < -0.3 is 16.6 Å². The number of hydrogen-bond acceptors (Lipinski definition) is 3. The predicted molar refractivity (Wildman–Crippen MR) is 53.6 cm³/mol. The van der Waals surface area contributed by atoms with Gasteiger partial charge in [0.15, 0.2) is 0 Å². The number of phenols is 1. The molecule has 0 aliphatic carbocycles. The molecule has 0 heterocycles. The number of rotatable bonds is 3. The summed E-state index contributed by atoms with van der Waals surface area (Å²) in [5, 5.41) is 9.19. The number of primary amides is 1. The van der Waals surface area contributed by atoms with Gasteiger partial charge in [-0.2, -0.15) is 0 Å². The number of aromatic hydroxyl groups is 1. The molecule has 1 rings (SSSR count). The minimum atomic E-state index is -1.08. The number of carbonyl (C=O) groups is 1. The summed E-state index contributed by atoms with van der Waals surface area (Å²) in [5.41, 5.74) is 10.5. The van der Waals surface area contributed by atoms with Crippen molar-refractivity contribution >= 4 is 5.91 Å². The SMILES string of the molecule is C[C@@](N)(Cc1cccc(O)c1)C(N)=O. The fourth-order valence-corrected chi connectivity index (χ4v) is 1.18. The Balaban J connectivity index is 2.83. The monoisotopic (exact) mass is 194 g/mol. The van der Waals surface area contributed by atoms with Gasteiger partial charge in [0, 0.05) is 0 Å². The zero-order chi connectivity index (χ0) is 10.8. The maximum atomic E-state index is 10.9. The van der Waals surface area contributed by atoms with Crippen LogP contribution in [0.5, 0.6) is 5.75 Å². The standard InChI is InChI=1S/C10H14N2O2/c1-10(12,9(11)14)6-7-3-2-4-8(13)5-7/h2-5,13H,6,12H2,1H3,(H2,11,14)/t10-/m1/s1. The minimum absolute atomic E-state index is 0.155. The lowest BCUT2D eigenvalue weighted by Crippen LogP contribution is -2.50. The molecule has 0 fully saturated rings. The Morgan fingerprint density at radius 1 is 1.57 bits per heavy atom. The van der Waals surface area contributed by atoms with E-state index in [-0.39, 0.29) is 5.75 Å². The number of phenolic OH excluding ortho intramolecular Hbond substituents is 1. The molecule has 0 saturated carbocycles. The number of carbonyl (C=O) groups excluding carboxylic acids is 1. The topological polar surface area (TPSA) is 89.3 Å². The molecule has 4 nitrogen and oxygen atoms in total. The van der Waals surface area contributed by atoms with E-state index in [1.165, 1.54) is 0 Å². The van der Waals surface area contributed by atoms with Crippen LogP contribution in [0, 0.1) is 0 Å². The van der Waals surface area contributed by atoms with Crippen LogP contribution in [0.15, 0.2) is 24.3 Å². The van der Waals surface area contributed by atoms with Crippen LogP contribution < -0.4 is 11.5 Å². The lowest BCUT2D eigenvalue weighted by atomic mass is 9.93. The van der Waals surface area contributed by atoms with E-state index in [2.05, 4.69) is 0 Å². The molecule has 0 aliphatic heterocycles. The fraction of sp³-hybridized carbons (Fsp3) is 0.300. The summed E-state index contributed by atoms with van der Waals surface area (Å²) in [6.07, 6.45) is 0.316. The van der Waals surface area contributed by atoms with E-state index in [0.717, 1.165) is 5.56 Å². The molecule has 1 aromatic rings. The second kappa shape index (κ2) is 3.67. The lowest BCUT2D eigenvalue weighted by Gasteiger charge is -2.20. The Morgan fingerprint density at radius 2 is 2.21 bits per heavy atom. The summed E-state index contributed by atoms with van der Waals surface area (Å²) >= 11 is 0. The first kappa shape index (κ1) is 10.5. The Hall–Kier alpha value is -1.55. The van der Waals surface area contributed by atoms with Crippen LogP contribution in [0.25, 0.3) is 0 Å². The number of hydrogen-bond donors (Lipinski definition) is 3. The van der Waals surface area contributed by atoms with Crippen molar-refractivity contribution in [3.63, 3.8) is 0 Å². The van der Waals surface area contributed by atoms with Crippen molar-refractivity contribution in [2.75, 3.05) is 0 Å². The van der Waals surface area contributed by atoms with Crippen LogP contribution in [-0.2, 0) is 11.2 Å². The highest BCUT2D eigenvalue weighted by molar-refractivity contribution is 5.84. The lowest BCUT2D eigenvalue weighted by molar-refractivity contribution is -0.122. The summed E-state index contributed by atoms with van der Waals surface area (Å²) in [6, 6.07) is 6.60. The maximum absolute atomic E-state index is 10.9. The molecule has 1 amide bonds. The number of amides is 1. The average molecular weight is 194 g/mol. The highest BCUT2D eigenvalue weighted by Gasteiger charge is 2.25. The molecule has 4 heteroatoms. The van der Waals surface area contributed by atoms with Crippen molar-refractivity contribution in [2.45, 2.75) is 18.9 Å². The number of nitrogens with two attached hydrogens (primary N) is 2. The highest BCUT2D eigenvalue weighted by Crippen LogP contribution is 2.15. The first-order valence-corrected chi connectivity index (χ1v) is 4.28. The van der Waals surface area contributed by atoms with Gasteiger partial charge in [0.1, 0.15) is 5.75 Å². The van der Waals surface area contributed by atoms with Gasteiger partial charge >= 0.3 is 0 Å². The Bertz CT molecular complexity index is 348. The molecule has 76 valence electrons. The number of benzene rings is 1. The van der Waals surface area contributed by atoms with Gasteiger partial charge in [-0.15, -0.1) is 0 Å². The maximum Gasteiger partial charge on any atom is 0.237 e. The Kier molecular flexibility index (Phi) is 2.76. The molecule has 0 radical (unpaired) electrons. The van der Waals surface area contributed by atoms with Crippen molar-refractivity contribution in [3.8, 4) is 5.75 Å². The largest absolute Gasteiger partial charge is 0.508 e. The van der Waals surface area contributed by atoms with Crippen LogP contribution in [0.3, 0.4) is 0 Å². The molecule has 0 unspecified atom stereocenters. The molecule has 14 heavy (non-hydrogen) atoms. The van der Waals surface area contributed by atoms with Crippen LogP contribution in [-0.4, -0.2) is 16.6 Å². The third-order valence-electron chi connectivity index (χ3n) is 2.04. The summed E-state index contributed by atoms with van der Waals surface area (Å²) < 4.78 is 0. The third kappa shape index (κ3) is 2.47. The van der Waals surface area contributed by atoms with Gasteiger partial charge in [0.25, 0.3) is 0 Å². The first-order valence-electron chi connectivity index (χ1n) is 4.28. The normalized spacial score (nSPS) is 14.7. The molecular formula is C10H14N2O2. The molecule has 0 aliphatic rings. The van der Waals surface area contributed by atoms with Crippen molar-refractivity contribution < 1.29 is 9.90 Å². The minimum Gasteiger partial charge on any atom is -0.508 e. The van der Waals surface area contributed by atoms with Crippen LogP contribution >= 0.6 is 0 Å². The van der Waals surface area contributed by atoms with Gasteiger partial charge in [0.05, 0.1) is 5.54 Å². The van der Waals surface area contributed by atoms with Gasteiger partial charge in [-0.05, 0) is 31.0 Å². The summed E-state index contributed by atoms with van der Waals surface area (Å²) in [6.45, 7) is 1.57. The second-order valence-electron chi connectivity index (χ2n) is 3.63. The van der Waals surface area contributed by atoms with Gasteiger partial charge in [-0.25, -0.2) is 0 Å². The molecule has 0 aromatic heterocycles. The van der Waals surface area contributed by atoms with E-state index in [1.54, 1.807) is 31.2 Å². The zero-order valence-corrected chi connectivity index (χ0v) is 8.03. The van der Waals surface area contributed by atoms with Crippen LogP contribution in [0.1, 0.15) is 12.5 Å². The molecule has 0 spiro atoms. The molecule has 5 N–H and O–H groups in total. The van der Waals surface area contributed by atoms with Crippen LogP contribution in [0.2, 0.25) is 0 Å². The summed E-state index contributed by atoms with van der Waals surface area (Å²) in [4.78, 5) is 10.9. The molecule has 1 atom stereocenters. The predicted octanol–water partition coefficient (Wildman–Crippen LogP) is 0.137. The third-order valence-corrected chi connectivity index (χ3v) is 2.04. The van der Waals surface area contributed by atoms with Gasteiger partial charge in [-0.1, -0.05) is 12.1 Å². The molecule has 0 saturated heterocycles. The quantitative estimate of drug-likeness (QED) is 0.639. The van der Waals surface area contributed by atoms with Crippen LogP contribution in [0.4, 0.5) is 0 Å². The second-order valence-corrected chi connectivity index (χ2v) is 3.63. The summed E-state index contributed by atoms with van der Waals surface area (Å²) in [7, 11) is 0. The van der Waals surface area contributed by atoms with E-state index in [0.29, 0.717) is 6.42 Å². The molecule has 0 bridgehead atoms. The van der Waals surface area contributed by atoms with Crippen molar-refractivity contribution in [3.05, 3.63) is 29.8 Å². The summed E-state index contributed by atoms with van der Waals surface area (Å²) in [5.74, 6) is -0.399. The van der Waals surface area contributed by atoms with E-state index in [9.17, 15) is 9.90 Å². The molecule has 1 aromatic carbocycles. The smallest absolute Gasteiger partial charge is 0.237 e. The Morgan fingerprint density at radius 3 is 2.71 bits per heavy atom. The zero-order valence-electron chi connectivity index (χ0n) is 8.03. The first-order chi connectivity index (χ1) is 6.42. The molecular weight excluding hydrogens is 180 g/mol. The van der Waals surface area contributed by atoms with Gasteiger partial charge in [0.2, 0.25) is 5.91 Å². The van der Waals surface area contributed by atoms with Crippen molar-refractivity contribution in [1.82, 2.24) is 0 Å². The van der Waals surface area contributed by atoms with Crippen molar-refractivity contribution in [2.24, 2.45) is 11.5 Å². The highest BCUT2D eigenvalue weighted by atomic mass is 16.3. The van der Waals surface area contributed by atoms with Crippen molar-refractivity contribution in [1.29, 1.82) is 0 Å².